The fraction of sp³-hybridized carbons (Fsp3) is 1.00. The third kappa shape index (κ3) is 3.45. The van der Waals surface area contributed by atoms with Crippen LogP contribution in [0.1, 0.15) is 32.1 Å². The minimum absolute atomic E-state index is 0.0482. The maximum absolute atomic E-state index is 10.4. The van der Waals surface area contributed by atoms with Crippen molar-refractivity contribution in [3.63, 3.8) is 0 Å². The van der Waals surface area contributed by atoms with Gasteiger partial charge in [0.15, 0.2) is 6.29 Å². The van der Waals surface area contributed by atoms with Crippen molar-refractivity contribution in [1.29, 1.82) is 0 Å². The van der Waals surface area contributed by atoms with Crippen molar-refractivity contribution in [3.8, 4) is 0 Å². The zero-order chi connectivity index (χ0) is 13.1. The third-order valence-electron chi connectivity index (χ3n) is 4.60. The molecular weight excluding hydrogens is 264 g/mol. The summed E-state index contributed by atoms with van der Waals surface area (Å²) in [6.07, 6.45) is 4.32. The largest absolute Gasteiger partial charge is 0.393 e. The van der Waals surface area contributed by atoms with E-state index in [0.717, 1.165) is 32.3 Å². The average molecular weight is 288 g/mol. The lowest BCUT2D eigenvalue weighted by Gasteiger charge is -2.44. The Kier molecular flexibility index (Phi) is 4.70. The Morgan fingerprint density at radius 2 is 1.89 bits per heavy atom. The number of hydrogen-bond acceptors (Lipinski definition) is 5. The van der Waals surface area contributed by atoms with Gasteiger partial charge in [-0.1, -0.05) is 0 Å². The Morgan fingerprint density at radius 1 is 1.16 bits per heavy atom. The van der Waals surface area contributed by atoms with Crippen molar-refractivity contribution in [2.75, 3.05) is 31.3 Å². The molecule has 3 fully saturated rings. The predicted octanol–water partition coefficient (Wildman–Crippen LogP) is 1.80. The van der Waals surface area contributed by atoms with E-state index in [2.05, 4.69) is 0 Å². The highest BCUT2D eigenvalue weighted by Gasteiger charge is 2.41. The molecule has 0 aromatic carbocycles. The summed E-state index contributed by atoms with van der Waals surface area (Å²) in [6, 6.07) is 0. The number of rotatable bonds is 3. The minimum Gasteiger partial charge on any atom is -0.393 e. The van der Waals surface area contributed by atoms with E-state index in [9.17, 15) is 5.11 Å². The van der Waals surface area contributed by atoms with Gasteiger partial charge in [0.2, 0.25) is 0 Å². The van der Waals surface area contributed by atoms with Crippen LogP contribution in [0.4, 0.5) is 0 Å². The number of thioether (sulfide) groups is 1. The second kappa shape index (κ2) is 6.31. The first kappa shape index (κ1) is 14.1. The molecule has 1 spiro atoms. The molecule has 0 saturated carbocycles. The van der Waals surface area contributed by atoms with Gasteiger partial charge in [-0.2, -0.15) is 11.8 Å². The smallest absolute Gasteiger partial charge is 0.160 e. The van der Waals surface area contributed by atoms with Crippen LogP contribution in [0.25, 0.3) is 0 Å². The Bertz CT molecular complexity index is 282. The van der Waals surface area contributed by atoms with E-state index >= 15 is 0 Å². The lowest BCUT2D eigenvalue weighted by Crippen LogP contribution is -2.45. The number of aliphatic hydroxyl groups excluding tert-OH is 1. The van der Waals surface area contributed by atoms with Gasteiger partial charge in [0.25, 0.3) is 0 Å². The molecule has 19 heavy (non-hydrogen) atoms. The highest BCUT2D eigenvalue weighted by Crippen LogP contribution is 2.41. The molecule has 0 bridgehead atoms. The van der Waals surface area contributed by atoms with Crippen LogP contribution >= 0.6 is 11.8 Å². The second-order valence-corrected chi connectivity index (χ2v) is 7.10. The Hall–Kier alpha value is 0.190. The molecule has 2 unspecified atom stereocenters. The van der Waals surface area contributed by atoms with Crippen LogP contribution in [-0.4, -0.2) is 54.4 Å². The molecule has 3 aliphatic heterocycles. The van der Waals surface area contributed by atoms with Gasteiger partial charge in [-0.05, 0) is 43.1 Å². The third-order valence-corrected chi connectivity index (χ3v) is 5.59. The van der Waals surface area contributed by atoms with E-state index in [1.165, 1.54) is 11.5 Å². The van der Waals surface area contributed by atoms with Crippen molar-refractivity contribution < 1.29 is 19.3 Å². The summed E-state index contributed by atoms with van der Waals surface area (Å²) in [5.74, 6) is 2.72. The maximum Gasteiger partial charge on any atom is 0.160 e. The predicted molar refractivity (Wildman–Crippen MR) is 74.3 cm³/mol. The van der Waals surface area contributed by atoms with Crippen molar-refractivity contribution in [2.45, 2.75) is 50.1 Å². The van der Waals surface area contributed by atoms with Gasteiger partial charge in [0.1, 0.15) is 0 Å². The lowest BCUT2D eigenvalue weighted by molar-refractivity contribution is -0.135. The van der Waals surface area contributed by atoms with Crippen molar-refractivity contribution in [1.82, 2.24) is 0 Å². The standard InChI is InChI=1S/C14H24O4S/c15-12(9-13-16-5-6-17-13)11-1-4-18-14(10-11)2-7-19-8-3-14/h11-13,15H,1-10H2. The van der Waals surface area contributed by atoms with Crippen molar-refractivity contribution >= 4 is 11.8 Å². The van der Waals surface area contributed by atoms with E-state index in [4.69, 9.17) is 14.2 Å². The zero-order valence-corrected chi connectivity index (χ0v) is 12.2. The van der Waals surface area contributed by atoms with Crippen LogP contribution in [-0.2, 0) is 14.2 Å². The molecule has 1 N–H and O–H groups in total. The summed E-state index contributed by atoms with van der Waals surface area (Å²) < 4.78 is 16.9. The van der Waals surface area contributed by atoms with Crippen LogP contribution in [0.2, 0.25) is 0 Å². The molecule has 3 heterocycles. The van der Waals surface area contributed by atoms with Gasteiger partial charge in [-0.25, -0.2) is 0 Å². The normalized spacial score (nSPS) is 33.6. The fourth-order valence-corrected chi connectivity index (χ4v) is 4.66. The topological polar surface area (TPSA) is 47.9 Å². The zero-order valence-electron chi connectivity index (χ0n) is 11.4. The van der Waals surface area contributed by atoms with Gasteiger partial charge in [-0.15, -0.1) is 0 Å². The first-order valence-corrected chi connectivity index (χ1v) is 8.56. The maximum atomic E-state index is 10.4. The molecule has 0 amide bonds. The average Bonchev–Trinajstić information content (AvgIpc) is 2.92. The molecule has 110 valence electrons. The summed E-state index contributed by atoms with van der Waals surface area (Å²) in [5, 5.41) is 10.4. The first-order valence-electron chi connectivity index (χ1n) is 7.40. The van der Waals surface area contributed by atoms with Gasteiger partial charge in [-0.3, -0.25) is 0 Å². The van der Waals surface area contributed by atoms with Crippen LogP contribution < -0.4 is 0 Å². The van der Waals surface area contributed by atoms with E-state index in [0.29, 0.717) is 25.6 Å². The van der Waals surface area contributed by atoms with Crippen molar-refractivity contribution in [2.24, 2.45) is 5.92 Å². The van der Waals surface area contributed by atoms with Crippen LogP contribution in [0, 0.1) is 5.92 Å². The van der Waals surface area contributed by atoms with Gasteiger partial charge in [0, 0.05) is 13.0 Å². The van der Waals surface area contributed by atoms with E-state index in [-0.39, 0.29) is 18.0 Å². The molecule has 0 aromatic rings. The fourth-order valence-electron chi connectivity index (χ4n) is 3.42. The molecule has 4 nitrogen and oxygen atoms in total. The summed E-state index contributed by atoms with van der Waals surface area (Å²) in [5.41, 5.74) is 0.0482. The van der Waals surface area contributed by atoms with E-state index in [1.54, 1.807) is 0 Å². The number of ether oxygens (including phenoxy) is 3. The quantitative estimate of drug-likeness (QED) is 0.858. The molecule has 5 heteroatoms. The van der Waals surface area contributed by atoms with Gasteiger partial charge >= 0.3 is 0 Å². The Morgan fingerprint density at radius 3 is 2.63 bits per heavy atom. The summed E-state index contributed by atoms with van der Waals surface area (Å²) in [6.45, 7) is 2.11. The van der Waals surface area contributed by atoms with Gasteiger partial charge in [0.05, 0.1) is 24.9 Å². The molecule has 3 rings (SSSR count). The Balaban J connectivity index is 1.54. The molecule has 0 aliphatic carbocycles. The number of aliphatic hydroxyl groups is 1. The highest BCUT2D eigenvalue weighted by atomic mass is 32.2. The second-order valence-electron chi connectivity index (χ2n) is 5.87. The van der Waals surface area contributed by atoms with E-state index in [1.807, 2.05) is 11.8 Å². The number of hydrogen-bond donors (Lipinski definition) is 1. The SMILES string of the molecule is OC(CC1OCCO1)C1CCOC2(CCSCC2)C1. The molecule has 0 radical (unpaired) electrons. The van der Waals surface area contributed by atoms with Crippen molar-refractivity contribution in [3.05, 3.63) is 0 Å². The van der Waals surface area contributed by atoms with Crippen LogP contribution in [0.3, 0.4) is 0 Å². The Labute approximate surface area is 119 Å². The molecule has 3 aliphatic rings. The lowest BCUT2D eigenvalue weighted by atomic mass is 9.79. The van der Waals surface area contributed by atoms with Gasteiger partial charge < -0.3 is 19.3 Å². The van der Waals surface area contributed by atoms with E-state index < -0.39 is 0 Å². The molecule has 0 aromatic heterocycles. The monoisotopic (exact) mass is 288 g/mol. The first-order chi connectivity index (χ1) is 9.27. The summed E-state index contributed by atoms with van der Waals surface area (Å²) >= 11 is 2.02. The molecule has 3 saturated heterocycles. The molecule has 2 atom stereocenters. The van der Waals surface area contributed by atoms with Crippen LogP contribution in [0.15, 0.2) is 0 Å². The highest BCUT2D eigenvalue weighted by molar-refractivity contribution is 7.99. The van der Waals surface area contributed by atoms with Crippen LogP contribution in [0.5, 0.6) is 0 Å². The molecular formula is C14H24O4S. The minimum atomic E-state index is -0.321. The summed E-state index contributed by atoms with van der Waals surface area (Å²) in [7, 11) is 0. The summed E-state index contributed by atoms with van der Waals surface area (Å²) in [4.78, 5) is 0.